The Morgan fingerprint density at radius 3 is 2.77 bits per heavy atom. The van der Waals surface area contributed by atoms with Gasteiger partial charge in [0.15, 0.2) is 6.20 Å². The monoisotopic (exact) mass is 308 g/mol. The molecule has 8 nitrogen and oxygen atoms in total. The number of rotatable bonds is 3. The van der Waals surface area contributed by atoms with Crippen molar-refractivity contribution in [3.8, 4) is 0 Å². The van der Waals surface area contributed by atoms with Crippen LogP contribution < -0.4 is 10.2 Å². The number of amides is 1. The fraction of sp³-hybridized carbons (Fsp3) is 0.571. The van der Waals surface area contributed by atoms with Crippen molar-refractivity contribution in [3.63, 3.8) is 0 Å². The standard InChI is InChI=1S/C14H20N4O4/c1-14(2,3)22-13(19)16-10-6-7-17(9-10)11-4-5-12(15-8-11)18(20)21/h4-5,8,10H,6-7,9H2,1-3H3,(H,16,19)/t10-/m0/s1. The number of carbonyl (C=O) groups is 1. The molecule has 1 N–H and O–H groups in total. The van der Waals surface area contributed by atoms with E-state index in [1.807, 2.05) is 25.7 Å². The van der Waals surface area contributed by atoms with Crippen LogP contribution in [-0.2, 0) is 4.74 Å². The van der Waals surface area contributed by atoms with Crippen molar-refractivity contribution in [1.29, 1.82) is 0 Å². The highest BCUT2D eigenvalue weighted by Crippen LogP contribution is 2.21. The molecule has 1 amide bonds. The largest absolute Gasteiger partial charge is 0.444 e. The smallest absolute Gasteiger partial charge is 0.407 e. The number of nitro groups is 1. The maximum Gasteiger partial charge on any atom is 0.407 e. The summed E-state index contributed by atoms with van der Waals surface area (Å²) < 4.78 is 5.23. The number of hydrogen-bond acceptors (Lipinski definition) is 6. The lowest BCUT2D eigenvalue weighted by Gasteiger charge is -2.22. The maximum atomic E-state index is 11.7. The van der Waals surface area contributed by atoms with E-state index in [1.54, 1.807) is 6.07 Å². The molecule has 2 rings (SSSR count). The molecule has 120 valence electrons. The molecule has 1 fully saturated rings. The summed E-state index contributed by atoms with van der Waals surface area (Å²) in [6.45, 7) is 6.82. The van der Waals surface area contributed by atoms with Gasteiger partial charge in [-0.2, -0.15) is 0 Å². The molecule has 0 saturated carbocycles. The van der Waals surface area contributed by atoms with Gasteiger partial charge in [-0.25, -0.2) is 4.79 Å². The fourth-order valence-electron chi connectivity index (χ4n) is 2.26. The Balaban J connectivity index is 1.89. The molecule has 1 aliphatic rings. The van der Waals surface area contributed by atoms with Crippen LogP contribution in [0.1, 0.15) is 27.2 Å². The van der Waals surface area contributed by atoms with Crippen LogP contribution in [0.15, 0.2) is 18.3 Å². The van der Waals surface area contributed by atoms with Gasteiger partial charge in [-0.05, 0) is 43.2 Å². The summed E-state index contributed by atoms with van der Waals surface area (Å²) in [5.41, 5.74) is 0.282. The van der Waals surface area contributed by atoms with Crippen LogP contribution in [-0.4, -0.2) is 40.7 Å². The van der Waals surface area contributed by atoms with Gasteiger partial charge in [0.25, 0.3) is 0 Å². The van der Waals surface area contributed by atoms with Crippen molar-refractivity contribution in [3.05, 3.63) is 28.4 Å². The topological polar surface area (TPSA) is 97.6 Å². The second kappa shape index (κ2) is 6.17. The molecule has 0 radical (unpaired) electrons. The lowest BCUT2D eigenvalue weighted by atomic mass is 10.2. The summed E-state index contributed by atoms with van der Waals surface area (Å²) in [7, 11) is 0. The van der Waals surface area contributed by atoms with Gasteiger partial charge in [-0.15, -0.1) is 0 Å². The normalized spacial score (nSPS) is 18.1. The van der Waals surface area contributed by atoms with Gasteiger partial charge < -0.3 is 25.1 Å². The zero-order valence-corrected chi connectivity index (χ0v) is 12.9. The zero-order valence-electron chi connectivity index (χ0n) is 12.9. The summed E-state index contributed by atoms with van der Waals surface area (Å²) in [5.74, 6) is -0.175. The third kappa shape index (κ3) is 4.31. The van der Waals surface area contributed by atoms with Crippen LogP contribution in [0.5, 0.6) is 0 Å². The summed E-state index contributed by atoms with van der Waals surface area (Å²) >= 11 is 0. The molecule has 1 saturated heterocycles. The molecule has 0 bridgehead atoms. The van der Waals surface area contributed by atoms with Crippen molar-refractivity contribution in [1.82, 2.24) is 10.3 Å². The van der Waals surface area contributed by atoms with Crippen molar-refractivity contribution in [2.45, 2.75) is 38.8 Å². The van der Waals surface area contributed by atoms with Gasteiger partial charge >= 0.3 is 11.9 Å². The van der Waals surface area contributed by atoms with Crippen molar-refractivity contribution in [2.75, 3.05) is 18.0 Å². The molecule has 1 aliphatic heterocycles. The van der Waals surface area contributed by atoms with Crippen molar-refractivity contribution < 1.29 is 14.5 Å². The first-order chi connectivity index (χ1) is 10.2. The van der Waals surface area contributed by atoms with Crippen LogP contribution >= 0.6 is 0 Å². The summed E-state index contributed by atoms with van der Waals surface area (Å²) in [6.07, 6.45) is 1.84. The number of carbonyl (C=O) groups excluding carboxylic acids is 1. The zero-order chi connectivity index (χ0) is 16.3. The second-order valence-electron chi connectivity index (χ2n) is 6.21. The average Bonchev–Trinajstić information content (AvgIpc) is 2.85. The van der Waals surface area contributed by atoms with E-state index < -0.39 is 16.6 Å². The van der Waals surface area contributed by atoms with Crippen LogP contribution in [0.2, 0.25) is 0 Å². The Kier molecular flexibility index (Phi) is 4.48. The molecule has 0 aliphatic carbocycles. The third-order valence-corrected chi connectivity index (χ3v) is 3.19. The minimum Gasteiger partial charge on any atom is -0.444 e. The van der Waals surface area contributed by atoms with E-state index in [2.05, 4.69) is 10.3 Å². The molecule has 1 atom stereocenters. The Morgan fingerprint density at radius 1 is 1.50 bits per heavy atom. The fourth-order valence-corrected chi connectivity index (χ4v) is 2.26. The minimum atomic E-state index is -0.527. The van der Waals surface area contributed by atoms with E-state index in [4.69, 9.17) is 4.74 Å². The number of nitrogens with zero attached hydrogens (tertiary/aromatic N) is 3. The van der Waals surface area contributed by atoms with E-state index >= 15 is 0 Å². The van der Waals surface area contributed by atoms with Crippen LogP contribution in [0, 0.1) is 10.1 Å². The first-order valence-corrected chi connectivity index (χ1v) is 7.09. The maximum absolute atomic E-state index is 11.7. The van der Waals surface area contributed by atoms with E-state index in [9.17, 15) is 14.9 Å². The predicted molar refractivity (Wildman–Crippen MR) is 80.9 cm³/mol. The molecule has 0 unspecified atom stereocenters. The van der Waals surface area contributed by atoms with Crippen molar-refractivity contribution >= 4 is 17.6 Å². The molecule has 2 heterocycles. The summed E-state index contributed by atoms with van der Waals surface area (Å²) in [5, 5.41) is 13.4. The van der Waals surface area contributed by atoms with E-state index in [1.165, 1.54) is 12.3 Å². The Morgan fingerprint density at radius 2 is 2.23 bits per heavy atom. The Hall–Kier alpha value is -2.38. The Labute approximate surface area is 128 Å². The average molecular weight is 308 g/mol. The third-order valence-electron chi connectivity index (χ3n) is 3.19. The number of pyridine rings is 1. The Bertz CT molecular complexity index is 553. The van der Waals surface area contributed by atoms with Gasteiger partial charge in [0.05, 0.1) is 11.7 Å². The number of ether oxygens (including phenoxy) is 1. The predicted octanol–water partition coefficient (Wildman–Crippen LogP) is 2.09. The first-order valence-electron chi connectivity index (χ1n) is 7.09. The lowest BCUT2D eigenvalue weighted by molar-refractivity contribution is -0.389. The minimum absolute atomic E-state index is 0.00922. The van der Waals surface area contributed by atoms with Gasteiger partial charge in [0, 0.05) is 19.2 Å². The quantitative estimate of drug-likeness (QED) is 0.678. The second-order valence-corrected chi connectivity index (χ2v) is 6.21. The van der Waals surface area contributed by atoms with Crippen LogP contribution in [0.3, 0.4) is 0 Å². The number of nitrogens with one attached hydrogen (secondary N) is 1. The molecular weight excluding hydrogens is 288 g/mol. The SMILES string of the molecule is CC(C)(C)OC(=O)N[C@H]1CCN(c2ccc([N+](=O)[O-])nc2)C1. The highest BCUT2D eigenvalue weighted by Gasteiger charge is 2.27. The number of anilines is 1. The van der Waals surface area contributed by atoms with Crippen LogP contribution in [0.25, 0.3) is 0 Å². The van der Waals surface area contributed by atoms with Gasteiger partial charge in [0.2, 0.25) is 0 Å². The van der Waals surface area contributed by atoms with Gasteiger partial charge in [-0.3, -0.25) is 0 Å². The van der Waals surface area contributed by atoms with Gasteiger partial charge in [0.1, 0.15) is 5.60 Å². The highest BCUT2D eigenvalue weighted by molar-refractivity contribution is 5.68. The number of aromatic nitrogens is 1. The highest BCUT2D eigenvalue weighted by atomic mass is 16.6. The molecule has 0 spiro atoms. The van der Waals surface area contributed by atoms with E-state index in [-0.39, 0.29) is 11.9 Å². The summed E-state index contributed by atoms with van der Waals surface area (Å²) in [4.78, 5) is 27.6. The molecular formula is C14H20N4O4. The molecule has 1 aromatic heterocycles. The molecule has 8 heteroatoms. The van der Waals surface area contributed by atoms with Crippen LogP contribution in [0.4, 0.5) is 16.3 Å². The molecule has 1 aromatic rings. The van der Waals surface area contributed by atoms with Crippen molar-refractivity contribution in [2.24, 2.45) is 0 Å². The lowest BCUT2D eigenvalue weighted by Crippen LogP contribution is -2.40. The van der Waals surface area contributed by atoms with E-state index in [0.717, 1.165) is 18.7 Å². The molecule has 22 heavy (non-hydrogen) atoms. The molecule has 0 aromatic carbocycles. The summed E-state index contributed by atoms with van der Waals surface area (Å²) in [6, 6.07) is 3.04. The first kappa shape index (κ1) is 16.0. The van der Waals surface area contributed by atoms with E-state index in [0.29, 0.717) is 6.54 Å². The number of hydrogen-bond donors (Lipinski definition) is 1. The number of alkyl carbamates (subject to hydrolysis) is 1. The van der Waals surface area contributed by atoms with Gasteiger partial charge in [-0.1, -0.05) is 0 Å².